The van der Waals surface area contributed by atoms with Gasteiger partial charge in [-0.2, -0.15) is 0 Å². The Labute approximate surface area is 431 Å². The van der Waals surface area contributed by atoms with E-state index in [0.717, 1.165) is 23.4 Å². The number of nitrogens with zero attached hydrogens (tertiary/aromatic N) is 5. The van der Waals surface area contributed by atoms with Crippen molar-refractivity contribution in [2.45, 2.75) is 97.8 Å². The van der Waals surface area contributed by atoms with Crippen LogP contribution in [-0.2, 0) is 46.5 Å². The maximum absolute atomic E-state index is 14.6. The van der Waals surface area contributed by atoms with Gasteiger partial charge in [-0.25, -0.2) is 9.78 Å². The van der Waals surface area contributed by atoms with Crippen LogP contribution in [0, 0.1) is 13.8 Å². The number of esters is 1. The molecular weight excluding hydrogens is 957 g/mol. The number of aryl methyl sites for hydroxylation is 2. The lowest BCUT2D eigenvalue weighted by Crippen LogP contribution is -2.45. The van der Waals surface area contributed by atoms with Crippen LogP contribution in [0.25, 0.3) is 22.1 Å². The van der Waals surface area contributed by atoms with E-state index in [2.05, 4.69) is 47.5 Å². The van der Waals surface area contributed by atoms with Crippen molar-refractivity contribution in [2.24, 2.45) is 0 Å². The molecule has 0 radical (unpaired) electrons. The predicted octanol–water partition coefficient (Wildman–Crippen LogP) is 4.23. The fourth-order valence-corrected chi connectivity index (χ4v) is 9.81. The molecule has 0 aromatic carbocycles. The summed E-state index contributed by atoms with van der Waals surface area (Å²) < 4.78 is 5.25. The molecule has 0 saturated carbocycles. The summed E-state index contributed by atoms with van der Waals surface area (Å²) in [7, 11) is 2.87. The van der Waals surface area contributed by atoms with Gasteiger partial charge in [-0.05, 0) is 82.3 Å². The van der Waals surface area contributed by atoms with Gasteiger partial charge in [0.15, 0.2) is 5.78 Å². The number of carbonyl (C=O) groups excluding carboxylic acids is 5. The van der Waals surface area contributed by atoms with Crippen molar-refractivity contribution in [3.63, 3.8) is 0 Å². The van der Waals surface area contributed by atoms with Crippen LogP contribution in [0.3, 0.4) is 0 Å². The first-order valence-electron chi connectivity index (χ1n) is 25.5. The van der Waals surface area contributed by atoms with E-state index in [1.165, 1.54) is 7.11 Å². The normalized spacial score (nSPS) is 15.4. The second-order valence-electron chi connectivity index (χ2n) is 19.0. The molecule has 1 unspecified atom stereocenters. The maximum atomic E-state index is 14.6. The molecule has 3 atom stereocenters. The topological polar surface area (TPSA) is 294 Å². The monoisotopic (exact) mass is 1030 g/mol. The van der Waals surface area contributed by atoms with Gasteiger partial charge in [-0.1, -0.05) is 20.8 Å². The number of methoxy groups -OCH3 is 1. The summed E-state index contributed by atoms with van der Waals surface area (Å²) in [4.78, 5) is 110. The van der Waals surface area contributed by atoms with Crippen LogP contribution in [0.2, 0.25) is 0 Å². The van der Waals surface area contributed by atoms with Crippen LogP contribution in [0.1, 0.15) is 131 Å². The van der Waals surface area contributed by atoms with Gasteiger partial charge in [0.2, 0.25) is 11.8 Å². The SMILES string of the molecule is CC[C@@H]1Cc2cc3[nH]c(cc4nc(c(CC(=O)OC)c5[nH]c(cc1n2)c(C)c5C(=O)NCCCNC(=O)CN(CCN(CC)CCN(CCOO)CCOO)CC(=O)O)[C@@H](CCC(=O)NC)C4C)c(C)c3C(C)=O. The van der Waals surface area contributed by atoms with Crippen molar-refractivity contribution < 1.29 is 58.9 Å². The predicted molar refractivity (Wildman–Crippen MR) is 277 cm³/mol. The Bertz CT molecular complexity index is 2630. The van der Waals surface area contributed by atoms with Crippen LogP contribution >= 0.6 is 0 Å². The highest BCUT2D eigenvalue weighted by molar-refractivity contribution is 6.06. The quantitative estimate of drug-likeness (QED) is 0.0159. The number of hydrogen-bond acceptors (Lipinski definition) is 16. The molecule has 5 heterocycles. The van der Waals surface area contributed by atoms with E-state index in [9.17, 15) is 33.9 Å². The van der Waals surface area contributed by atoms with E-state index in [4.69, 9.17) is 25.2 Å². The van der Waals surface area contributed by atoms with Crippen molar-refractivity contribution in [3.8, 4) is 0 Å². The summed E-state index contributed by atoms with van der Waals surface area (Å²) in [6.45, 7) is 14.7. The Morgan fingerprint density at radius 2 is 1.42 bits per heavy atom. The van der Waals surface area contributed by atoms with Gasteiger partial charge in [0.05, 0.1) is 62.1 Å². The standard InChI is InChI=1S/C52H76N10O12/c1-9-35-24-36-25-43-48(34(6)63)32(4)40(57-43)27-39-31(3)37(12-13-44(64)53-7)50(58-39)38(26-47(68)72-8)51-49(33(5)41(59-51)28-42(35)56-36)52(69)55-15-11-14-54-45(65)29-62(30-46(66)67)19-17-60(10-2)16-18-61(20-22-73-70)21-23-74-71/h25,27-28,31,35,37,57,59,70-71H,9-24,26,29-30H2,1-8H3,(H,53,64)(H,54,65)(H,55,69)(H,66,67)/t31?,35-,37+/m1/s1. The second-order valence-corrected chi connectivity index (χ2v) is 19.0. The van der Waals surface area contributed by atoms with Crippen LogP contribution in [0.4, 0.5) is 0 Å². The summed E-state index contributed by atoms with van der Waals surface area (Å²) in [5, 5.41) is 35.8. The number of rotatable bonds is 29. The average Bonchev–Trinajstić information content (AvgIpc) is 4.10. The highest BCUT2D eigenvalue weighted by atomic mass is 17.1. The highest BCUT2D eigenvalue weighted by Gasteiger charge is 2.34. The molecule has 2 aliphatic rings. The third-order valence-corrected chi connectivity index (χ3v) is 14.1. The third kappa shape index (κ3) is 15.7. The van der Waals surface area contributed by atoms with Crippen LogP contribution in [0.15, 0.2) is 18.2 Å². The molecule has 3 amide bonds. The Kier molecular flexibility index (Phi) is 22.6. The lowest BCUT2D eigenvalue weighted by atomic mass is 9.85. The zero-order chi connectivity index (χ0) is 54.1. The number of likely N-dealkylation sites (N-methyl/N-ethyl adjacent to an activating group) is 1. The maximum Gasteiger partial charge on any atom is 0.317 e. The molecule has 5 rings (SSSR count). The molecule has 22 heteroatoms. The number of ether oxygens (including phenoxy) is 1. The summed E-state index contributed by atoms with van der Waals surface area (Å²) in [6, 6.07) is 5.78. The van der Waals surface area contributed by atoms with Gasteiger partial charge in [-0.15, -0.1) is 0 Å². The van der Waals surface area contributed by atoms with Gasteiger partial charge in [-0.3, -0.25) is 59.0 Å². The third-order valence-electron chi connectivity index (χ3n) is 14.1. The van der Waals surface area contributed by atoms with E-state index in [-0.39, 0.29) is 93.1 Å². The summed E-state index contributed by atoms with van der Waals surface area (Å²) >= 11 is 0. The summed E-state index contributed by atoms with van der Waals surface area (Å²) in [5.41, 5.74) is 7.73. The molecule has 0 aliphatic carbocycles. The largest absolute Gasteiger partial charge is 0.480 e. The number of amides is 3. The zero-order valence-electron chi connectivity index (χ0n) is 44.2. The smallest absolute Gasteiger partial charge is 0.317 e. The van der Waals surface area contributed by atoms with Crippen molar-refractivity contribution in [2.75, 3.05) is 99.4 Å². The van der Waals surface area contributed by atoms with Crippen LogP contribution < -0.4 is 16.0 Å². The summed E-state index contributed by atoms with van der Waals surface area (Å²) in [5.74, 6) is -3.31. The molecule has 8 N–H and O–H groups in total. The number of nitrogens with one attached hydrogen (secondary N) is 5. The van der Waals surface area contributed by atoms with Gasteiger partial charge in [0.25, 0.3) is 5.91 Å². The lowest BCUT2D eigenvalue weighted by Gasteiger charge is -2.28. The van der Waals surface area contributed by atoms with E-state index < -0.39 is 17.8 Å². The number of aromatic nitrogens is 4. The number of hydrogen-bond donors (Lipinski definition) is 8. The van der Waals surface area contributed by atoms with Gasteiger partial charge < -0.3 is 40.7 Å². The average molecular weight is 1030 g/mol. The number of aliphatic carboxylic acids is 1. The fourth-order valence-electron chi connectivity index (χ4n) is 9.81. The molecule has 8 bridgehead atoms. The number of carbonyl (C=O) groups is 6. The van der Waals surface area contributed by atoms with Crippen LogP contribution in [-0.4, -0.2) is 185 Å². The molecular formula is C52H76N10O12. The summed E-state index contributed by atoms with van der Waals surface area (Å²) in [6.07, 6.45) is 2.03. The fraction of sp³-hybridized carbons (Fsp3) is 0.577. The Morgan fingerprint density at radius 3 is 2.04 bits per heavy atom. The number of Topliss-reactive ketones (excluding diaryl/α,β-unsaturated/α-hetero) is 1. The lowest BCUT2D eigenvalue weighted by molar-refractivity contribution is -0.251. The van der Waals surface area contributed by atoms with Crippen LogP contribution in [0.5, 0.6) is 0 Å². The van der Waals surface area contributed by atoms with Crippen molar-refractivity contribution >= 4 is 57.5 Å². The minimum absolute atomic E-state index is 0.0328. The van der Waals surface area contributed by atoms with Crippen molar-refractivity contribution in [3.05, 3.63) is 68.8 Å². The molecule has 3 aromatic rings. The Morgan fingerprint density at radius 1 is 0.784 bits per heavy atom. The molecule has 74 heavy (non-hydrogen) atoms. The van der Waals surface area contributed by atoms with E-state index in [1.807, 2.05) is 50.8 Å². The molecule has 3 aromatic heterocycles. The molecule has 406 valence electrons. The number of aromatic amines is 2. The van der Waals surface area contributed by atoms with Crippen molar-refractivity contribution in [1.29, 1.82) is 0 Å². The minimum Gasteiger partial charge on any atom is -0.480 e. The number of ketones is 1. The van der Waals surface area contributed by atoms with E-state index in [1.54, 1.807) is 18.9 Å². The number of carboxylic acid groups (broad SMARTS) is 1. The molecule has 0 spiro atoms. The Balaban J connectivity index is 1.46. The second kappa shape index (κ2) is 28.5. The first-order chi connectivity index (χ1) is 35.5. The molecule has 0 fully saturated rings. The zero-order valence-corrected chi connectivity index (χ0v) is 44.2. The van der Waals surface area contributed by atoms with Gasteiger partial charge in [0.1, 0.15) is 0 Å². The van der Waals surface area contributed by atoms with Gasteiger partial charge >= 0.3 is 11.9 Å². The first-order valence-corrected chi connectivity index (χ1v) is 25.5. The number of H-pyrrole nitrogens is 2. The number of fused-ring (bicyclic) bond motifs is 8. The molecule has 22 nitrogen and oxygen atoms in total. The minimum atomic E-state index is -1.08. The van der Waals surface area contributed by atoms with Gasteiger partial charge in [0, 0.05) is 123 Å². The van der Waals surface area contributed by atoms with Crippen molar-refractivity contribution in [1.82, 2.24) is 50.6 Å². The Hall–Kier alpha value is -6.14. The first kappa shape index (κ1) is 58.7. The molecule has 0 saturated heterocycles. The molecule has 2 aliphatic heterocycles. The van der Waals surface area contributed by atoms with E-state index >= 15 is 0 Å². The highest BCUT2D eigenvalue weighted by Crippen LogP contribution is 2.43. The van der Waals surface area contributed by atoms with E-state index in [0.29, 0.717) is 115 Å². The number of carboxylic acids is 1.